The molecule has 2 heterocycles. The summed E-state index contributed by atoms with van der Waals surface area (Å²) in [6.07, 6.45) is 2.97. The van der Waals surface area contributed by atoms with Gasteiger partial charge in [0.1, 0.15) is 11.5 Å². The fourth-order valence-electron chi connectivity index (χ4n) is 4.48. The second-order valence-electron chi connectivity index (χ2n) is 8.42. The molecule has 0 atom stereocenters. The lowest BCUT2D eigenvalue weighted by Crippen LogP contribution is -2.41. The van der Waals surface area contributed by atoms with E-state index in [-0.39, 0.29) is 23.7 Å². The van der Waals surface area contributed by atoms with Crippen LogP contribution in [0, 0.1) is 11.7 Å². The summed E-state index contributed by atoms with van der Waals surface area (Å²) in [5.41, 5.74) is 2.80. The zero-order valence-electron chi connectivity index (χ0n) is 17.5. The van der Waals surface area contributed by atoms with Gasteiger partial charge in [-0.05, 0) is 62.3 Å². The molecule has 0 spiro atoms. The van der Waals surface area contributed by atoms with Crippen molar-refractivity contribution in [2.24, 2.45) is 5.92 Å². The molecule has 0 N–H and O–H groups in total. The molecular weight excluding hydrogens is 379 g/mol. The lowest BCUT2D eigenvalue weighted by atomic mass is 9.89. The molecule has 2 aliphatic rings. The van der Waals surface area contributed by atoms with Crippen molar-refractivity contribution < 1.29 is 14.0 Å². The SMILES string of the molecule is CC(C)N1C(=O)C(c2ccc(F)cc2)=C(N2CCC(Cc3ccccc3)CC2)C1=O. The van der Waals surface area contributed by atoms with E-state index in [2.05, 4.69) is 29.2 Å². The first-order valence-corrected chi connectivity index (χ1v) is 10.6. The molecule has 5 heteroatoms. The summed E-state index contributed by atoms with van der Waals surface area (Å²) >= 11 is 0. The number of nitrogens with zero attached hydrogens (tertiary/aromatic N) is 2. The van der Waals surface area contributed by atoms with E-state index in [1.54, 1.807) is 12.1 Å². The minimum absolute atomic E-state index is 0.228. The molecular formula is C25H27FN2O2. The number of amides is 2. The number of piperidine rings is 1. The minimum Gasteiger partial charge on any atom is -0.366 e. The van der Waals surface area contributed by atoms with Gasteiger partial charge in [-0.15, -0.1) is 0 Å². The van der Waals surface area contributed by atoms with E-state index in [1.165, 1.54) is 22.6 Å². The van der Waals surface area contributed by atoms with Gasteiger partial charge in [0.15, 0.2) is 0 Å². The number of hydrogen-bond acceptors (Lipinski definition) is 3. The fraction of sp³-hybridized carbons (Fsp3) is 0.360. The van der Waals surface area contributed by atoms with Crippen LogP contribution in [0.15, 0.2) is 60.3 Å². The average molecular weight is 407 g/mol. The molecule has 2 aromatic rings. The second-order valence-corrected chi connectivity index (χ2v) is 8.42. The maximum absolute atomic E-state index is 13.4. The van der Waals surface area contributed by atoms with Crippen molar-refractivity contribution >= 4 is 17.4 Å². The molecule has 0 saturated carbocycles. The second kappa shape index (κ2) is 8.42. The molecule has 0 bridgehead atoms. The van der Waals surface area contributed by atoms with Crippen LogP contribution in [0.4, 0.5) is 4.39 Å². The Balaban J connectivity index is 1.58. The highest BCUT2D eigenvalue weighted by molar-refractivity contribution is 6.35. The van der Waals surface area contributed by atoms with Gasteiger partial charge in [-0.2, -0.15) is 0 Å². The van der Waals surface area contributed by atoms with Crippen LogP contribution < -0.4 is 0 Å². The third kappa shape index (κ3) is 3.89. The molecule has 0 aliphatic carbocycles. The van der Waals surface area contributed by atoms with Crippen LogP contribution in [0.3, 0.4) is 0 Å². The fourth-order valence-corrected chi connectivity index (χ4v) is 4.48. The quantitative estimate of drug-likeness (QED) is 0.697. The van der Waals surface area contributed by atoms with Gasteiger partial charge in [-0.25, -0.2) is 4.39 Å². The molecule has 2 aromatic carbocycles. The third-order valence-electron chi connectivity index (χ3n) is 6.04. The molecule has 156 valence electrons. The summed E-state index contributed by atoms with van der Waals surface area (Å²) < 4.78 is 13.4. The van der Waals surface area contributed by atoms with Crippen LogP contribution in [0.1, 0.15) is 37.8 Å². The number of hydrogen-bond donors (Lipinski definition) is 0. The first kappa shape index (κ1) is 20.3. The number of imide groups is 1. The molecule has 0 radical (unpaired) electrons. The Labute approximate surface area is 177 Å². The van der Waals surface area contributed by atoms with E-state index < -0.39 is 0 Å². The molecule has 1 fully saturated rings. The number of rotatable bonds is 5. The Hall–Kier alpha value is -2.95. The predicted molar refractivity (Wildman–Crippen MR) is 115 cm³/mol. The Morgan fingerprint density at radius 1 is 0.933 bits per heavy atom. The lowest BCUT2D eigenvalue weighted by molar-refractivity contribution is -0.139. The first-order chi connectivity index (χ1) is 14.5. The number of halogens is 1. The van der Waals surface area contributed by atoms with Crippen LogP contribution in [0.2, 0.25) is 0 Å². The summed E-state index contributed by atoms with van der Waals surface area (Å²) in [5, 5.41) is 0. The van der Waals surface area contributed by atoms with E-state index in [4.69, 9.17) is 0 Å². The van der Waals surface area contributed by atoms with E-state index in [0.717, 1.165) is 32.4 Å². The lowest BCUT2D eigenvalue weighted by Gasteiger charge is -2.34. The topological polar surface area (TPSA) is 40.6 Å². The molecule has 4 nitrogen and oxygen atoms in total. The molecule has 30 heavy (non-hydrogen) atoms. The van der Waals surface area contributed by atoms with Gasteiger partial charge in [0.2, 0.25) is 0 Å². The maximum Gasteiger partial charge on any atom is 0.278 e. The van der Waals surface area contributed by atoms with Crippen LogP contribution in [0.5, 0.6) is 0 Å². The first-order valence-electron chi connectivity index (χ1n) is 10.6. The molecule has 1 saturated heterocycles. The number of carbonyl (C=O) groups is 2. The number of benzene rings is 2. The van der Waals surface area contributed by atoms with Gasteiger partial charge < -0.3 is 4.90 Å². The van der Waals surface area contributed by atoms with Crippen molar-refractivity contribution in [1.82, 2.24) is 9.80 Å². The van der Waals surface area contributed by atoms with Crippen LogP contribution in [-0.4, -0.2) is 40.7 Å². The van der Waals surface area contributed by atoms with Gasteiger partial charge in [-0.1, -0.05) is 42.5 Å². The highest BCUT2D eigenvalue weighted by Gasteiger charge is 2.43. The van der Waals surface area contributed by atoms with Gasteiger partial charge in [0, 0.05) is 19.1 Å². The zero-order valence-corrected chi connectivity index (χ0v) is 17.5. The highest BCUT2D eigenvalue weighted by atomic mass is 19.1. The van der Waals surface area contributed by atoms with Crippen molar-refractivity contribution in [3.05, 3.63) is 77.2 Å². The normalized spacial score (nSPS) is 18.1. The Morgan fingerprint density at radius 2 is 1.57 bits per heavy atom. The van der Waals surface area contributed by atoms with Crippen molar-refractivity contribution in [3.8, 4) is 0 Å². The summed E-state index contributed by atoms with van der Waals surface area (Å²) in [7, 11) is 0. The van der Waals surface area contributed by atoms with Gasteiger partial charge >= 0.3 is 0 Å². The molecule has 0 aromatic heterocycles. The monoisotopic (exact) mass is 406 g/mol. The van der Waals surface area contributed by atoms with E-state index in [1.807, 2.05) is 19.9 Å². The average Bonchev–Trinajstić information content (AvgIpc) is 3.00. The Kier molecular flexibility index (Phi) is 5.71. The van der Waals surface area contributed by atoms with Gasteiger partial charge in [0.05, 0.1) is 5.57 Å². The van der Waals surface area contributed by atoms with Crippen molar-refractivity contribution in [2.75, 3.05) is 13.1 Å². The largest absolute Gasteiger partial charge is 0.366 e. The molecule has 2 amide bonds. The smallest absolute Gasteiger partial charge is 0.278 e. The van der Waals surface area contributed by atoms with E-state index in [9.17, 15) is 14.0 Å². The maximum atomic E-state index is 13.4. The summed E-state index contributed by atoms with van der Waals surface area (Å²) in [6, 6.07) is 16.1. The van der Waals surface area contributed by atoms with Gasteiger partial charge in [0.25, 0.3) is 11.8 Å². The van der Waals surface area contributed by atoms with Gasteiger partial charge in [-0.3, -0.25) is 14.5 Å². The summed E-state index contributed by atoms with van der Waals surface area (Å²) in [4.78, 5) is 29.7. The van der Waals surface area contributed by atoms with Crippen molar-refractivity contribution in [3.63, 3.8) is 0 Å². The Morgan fingerprint density at radius 3 is 2.17 bits per heavy atom. The predicted octanol–water partition coefficient (Wildman–Crippen LogP) is 4.27. The third-order valence-corrected chi connectivity index (χ3v) is 6.04. The number of carbonyl (C=O) groups excluding carboxylic acids is 2. The number of likely N-dealkylation sites (tertiary alicyclic amines) is 1. The standard InChI is InChI=1S/C25H27FN2O2/c1-17(2)28-24(29)22(20-8-10-21(26)11-9-20)23(25(28)30)27-14-12-19(13-15-27)16-18-6-4-3-5-7-18/h3-11,17,19H,12-16H2,1-2H3. The van der Waals surface area contributed by atoms with Crippen molar-refractivity contribution in [2.45, 2.75) is 39.2 Å². The minimum atomic E-state index is -0.361. The highest BCUT2D eigenvalue weighted by Crippen LogP contribution is 2.35. The molecule has 2 aliphatic heterocycles. The zero-order chi connectivity index (χ0) is 21.3. The summed E-state index contributed by atoms with van der Waals surface area (Å²) in [6.45, 7) is 5.16. The summed E-state index contributed by atoms with van der Waals surface area (Å²) in [5.74, 6) is -0.328. The van der Waals surface area contributed by atoms with E-state index >= 15 is 0 Å². The van der Waals surface area contributed by atoms with Crippen molar-refractivity contribution in [1.29, 1.82) is 0 Å². The van der Waals surface area contributed by atoms with Crippen LogP contribution in [-0.2, 0) is 16.0 Å². The Bertz CT molecular complexity index is 958. The van der Waals surface area contributed by atoms with Crippen LogP contribution in [0.25, 0.3) is 5.57 Å². The molecule has 4 rings (SSSR count). The molecule has 0 unspecified atom stereocenters. The van der Waals surface area contributed by atoms with E-state index in [0.29, 0.717) is 22.8 Å². The van der Waals surface area contributed by atoms with Crippen LogP contribution >= 0.6 is 0 Å².